The molecule has 4 aromatic rings. The van der Waals surface area contributed by atoms with Gasteiger partial charge in [0.25, 0.3) is 0 Å². The Labute approximate surface area is 148 Å². The lowest BCUT2D eigenvalue weighted by atomic mass is 10.3. The van der Waals surface area contributed by atoms with Crippen LogP contribution in [0.5, 0.6) is 0 Å². The van der Waals surface area contributed by atoms with E-state index in [1.165, 1.54) is 11.3 Å². The minimum atomic E-state index is 0.707. The average Bonchev–Trinajstić information content (AvgIpc) is 2.93. The first-order valence-electron chi connectivity index (χ1n) is 7.50. The van der Waals surface area contributed by atoms with Gasteiger partial charge >= 0.3 is 0 Å². The molecule has 0 aliphatic rings. The van der Waals surface area contributed by atoms with E-state index in [1.54, 1.807) is 0 Å². The quantitative estimate of drug-likeness (QED) is 0.512. The maximum Gasteiger partial charge on any atom is 0.168 e. The summed E-state index contributed by atoms with van der Waals surface area (Å²) in [6.45, 7) is 1.89. The molecule has 0 radical (unpaired) electrons. The van der Waals surface area contributed by atoms with E-state index in [1.807, 2.05) is 72.2 Å². The Bertz CT molecular complexity index is 1050. The lowest BCUT2D eigenvalue weighted by Crippen LogP contribution is -2.01. The van der Waals surface area contributed by atoms with Crippen molar-refractivity contribution in [2.24, 2.45) is 0 Å². The highest BCUT2D eigenvalue weighted by Crippen LogP contribution is 2.31. The van der Waals surface area contributed by atoms with Crippen molar-refractivity contribution >= 4 is 45.4 Å². The van der Waals surface area contributed by atoms with Crippen molar-refractivity contribution in [2.75, 3.05) is 5.32 Å². The molecule has 0 atom stereocenters. The van der Waals surface area contributed by atoms with E-state index in [-0.39, 0.29) is 0 Å². The molecular formula is C18H14N4S2. The summed E-state index contributed by atoms with van der Waals surface area (Å²) in [5.74, 6) is 1.49. The van der Waals surface area contributed by atoms with Crippen LogP contribution in [0.25, 0.3) is 16.0 Å². The Morgan fingerprint density at radius 3 is 2.33 bits per heavy atom. The van der Waals surface area contributed by atoms with Crippen molar-refractivity contribution in [1.29, 1.82) is 0 Å². The zero-order valence-electron chi connectivity index (χ0n) is 12.9. The summed E-state index contributed by atoms with van der Waals surface area (Å²) in [4.78, 5) is 9.20. The number of hydrogen-bond donors (Lipinski definition) is 1. The van der Waals surface area contributed by atoms with E-state index in [0.29, 0.717) is 5.82 Å². The summed E-state index contributed by atoms with van der Waals surface area (Å²) < 4.78 is 3.71. The van der Waals surface area contributed by atoms with Crippen LogP contribution >= 0.6 is 23.6 Å². The monoisotopic (exact) mass is 350 g/mol. The summed E-state index contributed by atoms with van der Waals surface area (Å²) in [7, 11) is 0. The molecular weight excluding hydrogens is 336 g/mol. The first-order valence-corrected chi connectivity index (χ1v) is 8.72. The number of aromatic nitrogens is 3. The lowest BCUT2D eigenvalue weighted by Gasteiger charge is -2.08. The molecule has 0 aliphatic carbocycles. The van der Waals surface area contributed by atoms with Gasteiger partial charge in [-0.15, -0.1) is 0 Å². The standard InChI is InChI=1S/C18H14N4S2/c1-12-19-16(21-13-8-4-2-5-9-13)15-17(20-12)22(18(23)24-15)14-10-6-3-7-11-14/h2-11H,1H3,(H,19,20,21). The number of rotatable bonds is 3. The molecule has 2 aromatic carbocycles. The number of thiazole rings is 1. The average molecular weight is 350 g/mol. The topological polar surface area (TPSA) is 42.7 Å². The number of benzene rings is 2. The zero-order chi connectivity index (χ0) is 16.5. The number of fused-ring (bicyclic) bond motifs is 1. The Hall–Kier alpha value is -2.57. The highest BCUT2D eigenvalue weighted by Gasteiger charge is 2.14. The first-order chi connectivity index (χ1) is 11.7. The van der Waals surface area contributed by atoms with Crippen LogP contribution in [0, 0.1) is 10.9 Å². The van der Waals surface area contributed by atoms with Crippen LogP contribution in [0.1, 0.15) is 5.82 Å². The van der Waals surface area contributed by atoms with E-state index >= 15 is 0 Å². The van der Waals surface area contributed by atoms with Gasteiger partial charge in [0.2, 0.25) is 0 Å². The smallest absolute Gasteiger partial charge is 0.168 e. The van der Waals surface area contributed by atoms with Crippen LogP contribution in [0.15, 0.2) is 60.7 Å². The van der Waals surface area contributed by atoms with Gasteiger partial charge < -0.3 is 5.32 Å². The fourth-order valence-corrected chi connectivity index (χ4v) is 3.88. The molecule has 118 valence electrons. The molecule has 0 fully saturated rings. The van der Waals surface area contributed by atoms with E-state index in [9.17, 15) is 0 Å². The fraction of sp³-hybridized carbons (Fsp3) is 0.0556. The molecule has 0 aliphatic heterocycles. The molecule has 2 heterocycles. The van der Waals surface area contributed by atoms with E-state index in [0.717, 1.165) is 31.5 Å². The van der Waals surface area contributed by atoms with Crippen LogP contribution in [0.2, 0.25) is 0 Å². The van der Waals surface area contributed by atoms with Gasteiger partial charge in [-0.05, 0) is 43.4 Å². The Kier molecular flexibility index (Phi) is 3.84. The molecule has 0 spiro atoms. The van der Waals surface area contributed by atoms with Gasteiger partial charge in [-0.2, -0.15) is 0 Å². The summed E-state index contributed by atoms with van der Waals surface area (Å²) in [6.07, 6.45) is 0. The third-order valence-corrected chi connectivity index (χ3v) is 4.96. The second-order valence-corrected chi connectivity index (χ2v) is 6.95. The fourth-order valence-electron chi connectivity index (χ4n) is 2.56. The molecule has 0 saturated heterocycles. The summed E-state index contributed by atoms with van der Waals surface area (Å²) in [6, 6.07) is 20.0. The molecule has 0 unspecified atom stereocenters. The molecule has 4 rings (SSSR count). The minimum Gasteiger partial charge on any atom is -0.339 e. The van der Waals surface area contributed by atoms with Gasteiger partial charge in [-0.25, -0.2) is 9.97 Å². The molecule has 2 aromatic heterocycles. The predicted octanol–water partition coefficient (Wildman–Crippen LogP) is 5.26. The molecule has 0 saturated carbocycles. The summed E-state index contributed by atoms with van der Waals surface area (Å²) >= 11 is 7.11. The minimum absolute atomic E-state index is 0.707. The Balaban J connectivity index is 1.93. The number of nitrogens with one attached hydrogen (secondary N) is 1. The van der Waals surface area contributed by atoms with E-state index in [2.05, 4.69) is 15.3 Å². The maximum atomic E-state index is 5.59. The highest BCUT2D eigenvalue weighted by atomic mass is 32.1. The predicted molar refractivity (Wildman–Crippen MR) is 102 cm³/mol. The van der Waals surface area contributed by atoms with Gasteiger partial charge in [0.1, 0.15) is 10.5 Å². The third-order valence-electron chi connectivity index (χ3n) is 3.59. The highest BCUT2D eigenvalue weighted by molar-refractivity contribution is 7.73. The SMILES string of the molecule is Cc1nc(Nc2ccccc2)c2sc(=S)n(-c3ccccc3)c2n1. The number of anilines is 2. The zero-order valence-corrected chi connectivity index (χ0v) is 14.6. The number of hydrogen-bond acceptors (Lipinski definition) is 5. The van der Waals surface area contributed by atoms with Crippen molar-refractivity contribution < 1.29 is 0 Å². The number of para-hydroxylation sites is 2. The third kappa shape index (κ3) is 2.70. The van der Waals surface area contributed by atoms with Crippen LogP contribution in [0.3, 0.4) is 0 Å². The van der Waals surface area contributed by atoms with Crippen molar-refractivity contribution in [1.82, 2.24) is 14.5 Å². The lowest BCUT2D eigenvalue weighted by molar-refractivity contribution is 1.03. The second kappa shape index (κ2) is 6.14. The molecule has 1 N–H and O–H groups in total. The van der Waals surface area contributed by atoms with Crippen molar-refractivity contribution in [2.45, 2.75) is 6.92 Å². The van der Waals surface area contributed by atoms with Crippen LogP contribution in [0.4, 0.5) is 11.5 Å². The normalized spacial score (nSPS) is 10.9. The maximum absolute atomic E-state index is 5.59. The van der Waals surface area contributed by atoms with E-state index < -0.39 is 0 Å². The van der Waals surface area contributed by atoms with Crippen molar-refractivity contribution in [3.05, 3.63) is 70.4 Å². The van der Waals surface area contributed by atoms with Crippen molar-refractivity contribution in [3.63, 3.8) is 0 Å². The molecule has 6 heteroatoms. The largest absolute Gasteiger partial charge is 0.339 e. The summed E-state index contributed by atoms with van der Waals surface area (Å²) in [5, 5.41) is 3.38. The van der Waals surface area contributed by atoms with Gasteiger partial charge in [-0.1, -0.05) is 47.7 Å². The van der Waals surface area contributed by atoms with Gasteiger partial charge in [-0.3, -0.25) is 4.57 Å². The molecule has 24 heavy (non-hydrogen) atoms. The molecule has 4 nitrogen and oxygen atoms in total. The molecule has 0 amide bonds. The van der Waals surface area contributed by atoms with Crippen LogP contribution in [-0.4, -0.2) is 14.5 Å². The van der Waals surface area contributed by atoms with E-state index in [4.69, 9.17) is 12.2 Å². The van der Waals surface area contributed by atoms with Gasteiger partial charge in [0.15, 0.2) is 15.4 Å². The first kappa shape index (κ1) is 15.0. The Morgan fingerprint density at radius 2 is 1.62 bits per heavy atom. The van der Waals surface area contributed by atoms with Crippen LogP contribution in [-0.2, 0) is 0 Å². The van der Waals surface area contributed by atoms with Crippen molar-refractivity contribution in [3.8, 4) is 5.69 Å². The Morgan fingerprint density at radius 1 is 0.958 bits per heavy atom. The number of nitrogens with zero attached hydrogens (tertiary/aromatic N) is 3. The van der Waals surface area contributed by atoms with Crippen LogP contribution < -0.4 is 5.32 Å². The van der Waals surface area contributed by atoms with Gasteiger partial charge in [0.05, 0.1) is 0 Å². The number of aryl methyl sites for hydroxylation is 1. The van der Waals surface area contributed by atoms with Gasteiger partial charge in [0, 0.05) is 11.4 Å². The summed E-state index contributed by atoms with van der Waals surface area (Å²) in [5.41, 5.74) is 2.84. The molecule has 0 bridgehead atoms. The second-order valence-electron chi connectivity index (χ2n) is 5.30.